The fourth-order valence-electron chi connectivity index (χ4n) is 16.5. The summed E-state index contributed by atoms with van der Waals surface area (Å²) in [5, 5.41) is 20.5. The van der Waals surface area contributed by atoms with E-state index in [2.05, 4.69) is 334 Å². The molecular formula is C88H52N4. The van der Waals surface area contributed by atoms with Gasteiger partial charge in [-0.3, -0.25) is 0 Å². The van der Waals surface area contributed by atoms with Crippen molar-refractivity contribution in [1.29, 1.82) is 0 Å². The first kappa shape index (κ1) is 49.7. The first-order chi connectivity index (χ1) is 45.6. The summed E-state index contributed by atoms with van der Waals surface area (Å²) in [5.41, 5.74) is 25.1. The normalized spacial score (nSPS) is 12.3. The molecule has 0 unspecified atom stereocenters. The number of nitrogens with zero attached hydrogens (tertiary/aromatic N) is 4. The van der Waals surface area contributed by atoms with Crippen molar-refractivity contribution in [1.82, 2.24) is 18.3 Å². The summed E-state index contributed by atoms with van der Waals surface area (Å²) in [7, 11) is 0. The molecular weight excluding hydrogens is 1110 g/mol. The third-order valence-electron chi connectivity index (χ3n) is 20.4. The Kier molecular flexibility index (Phi) is 10.1. The van der Waals surface area contributed by atoms with Crippen molar-refractivity contribution in [3.05, 3.63) is 315 Å². The van der Waals surface area contributed by atoms with Crippen molar-refractivity contribution in [3.63, 3.8) is 0 Å². The van der Waals surface area contributed by atoms with Gasteiger partial charge in [-0.2, -0.15) is 0 Å². The van der Waals surface area contributed by atoms with Crippen LogP contribution in [0, 0.1) is 0 Å². The molecule has 0 aliphatic heterocycles. The highest BCUT2D eigenvalue weighted by Crippen LogP contribution is 2.51. The fraction of sp³-hybridized carbons (Fsp3) is 0. The molecule has 0 saturated heterocycles. The van der Waals surface area contributed by atoms with Gasteiger partial charge in [0.05, 0.1) is 44.1 Å². The van der Waals surface area contributed by atoms with Crippen LogP contribution in [0.25, 0.3) is 198 Å². The number of aromatic nitrogens is 4. The van der Waals surface area contributed by atoms with Crippen molar-refractivity contribution in [3.8, 4) is 67.3 Å². The summed E-state index contributed by atoms with van der Waals surface area (Å²) in [4.78, 5) is 0. The number of hydrogen-bond donors (Lipinski definition) is 0. The fourth-order valence-corrected chi connectivity index (χ4v) is 16.5. The Morgan fingerprint density at radius 3 is 1.03 bits per heavy atom. The van der Waals surface area contributed by atoms with Crippen LogP contribution in [-0.2, 0) is 0 Å². The highest BCUT2D eigenvalue weighted by molar-refractivity contribution is 6.22. The molecule has 2 aliphatic carbocycles. The standard InChI is InChI=1S/2C44H26N2/c1-2-12-31-27(10-1)20-22-37-34-15-5-8-19-41(34)46(44(31)37)29-21-23-42-38(25-29)35-16-6-7-18-40(35)45(42)30-24-28-11-9-17-36-32-13-3-4-14-33(32)39(26-30)43(28)36;1-2-11-28-24-43-37(23-27(28)10-1)34-15-5-7-18-40(34)45(43)30-20-21-42-38(25-30)35-16-6-8-19-41(35)46(42)31-22-29-12-9-17-36-32-13-3-4-14-33(32)39(26-31)44(29)36/h2*1-26H. The smallest absolute Gasteiger partial charge is 0.0619 e. The molecule has 16 aromatic carbocycles. The van der Waals surface area contributed by atoms with Crippen LogP contribution in [0.2, 0.25) is 0 Å². The summed E-state index contributed by atoms with van der Waals surface area (Å²) in [6.07, 6.45) is 0. The van der Waals surface area contributed by atoms with E-state index in [1.807, 2.05) is 0 Å². The molecule has 0 radical (unpaired) electrons. The van der Waals surface area contributed by atoms with Crippen LogP contribution in [0.1, 0.15) is 0 Å². The molecule has 4 aromatic heterocycles. The van der Waals surface area contributed by atoms with E-state index in [9.17, 15) is 0 Å². The number of fused-ring (bicyclic) bond motifs is 21. The van der Waals surface area contributed by atoms with E-state index in [4.69, 9.17) is 0 Å². The Labute approximate surface area is 528 Å². The SMILES string of the molecule is c1ccc2c(c1)-c1cccc3cc(-n4c5ccccc5c5cc(-n6c7ccccc7c7cc8ccccc8cc76)ccc54)cc-2c13.c1ccc2c(c1)-c1cccc3cc(-n4c5ccccc5c5cc(-n6c7ccccc7c7ccc8ccccc8c76)ccc54)cc-2c13. The molecule has 20 aromatic rings. The Bertz CT molecular complexity index is 6620. The number of para-hydroxylation sites is 4. The molecule has 0 N–H and O–H groups in total. The lowest BCUT2D eigenvalue weighted by Gasteiger charge is -2.13. The van der Waals surface area contributed by atoms with Crippen molar-refractivity contribution in [2.75, 3.05) is 0 Å². The number of rotatable bonds is 4. The Morgan fingerprint density at radius 1 is 0.152 bits per heavy atom. The monoisotopic (exact) mass is 1160 g/mol. The summed E-state index contributed by atoms with van der Waals surface area (Å²) < 4.78 is 9.82. The van der Waals surface area contributed by atoms with Gasteiger partial charge in [-0.05, 0) is 179 Å². The molecule has 2 aliphatic rings. The molecule has 0 bridgehead atoms. The van der Waals surface area contributed by atoms with Gasteiger partial charge >= 0.3 is 0 Å². The quantitative estimate of drug-likeness (QED) is 0.167. The molecule has 4 heteroatoms. The first-order valence-corrected chi connectivity index (χ1v) is 31.9. The van der Waals surface area contributed by atoms with Gasteiger partial charge in [0, 0.05) is 71.2 Å². The first-order valence-electron chi connectivity index (χ1n) is 31.9. The van der Waals surface area contributed by atoms with E-state index in [0.29, 0.717) is 0 Å². The highest BCUT2D eigenvalue weighted by Gasteiger charge is 2.26. The van der Waals surface area contributed by atoms with E-state index >= 15 is 0 Å². The van der Waals surface area contributed by atoms with Crippen molar-refractivity contribution in [2.24, 2.45) is 0 Å². The van der Waals surface area contributed by atoms with Crippen LogP contribution >= 0.6 is 0 Å². The lowest BCUT2D eigenvalue weighted by Crippen LogP contribution is -1.96. The Morgan fingerprint density at radius 2 is 0.511 bits per heavy atom. The number of benzene rings is 16. The zero-order chi connectivity index (χ0) is 59.9. The van der Waals surface area contributed by atoms with Gasteiger partial charge in [0.25, 0.3) is 0 Å². The van der Waals surface area contributed by atoms with Gasteiger partial charge in [-0.25, -0.2) is 0 Å². The van der Waals surface area contributed by atoms with Crippen LogP contribution in [0.5, 0.6) is 0 Å². The van der Waals surface area contributed by atoms with Gasteiger partial charge in [0.15, 0.2) is 0 Å². The lowest BCUT2D eigenvalue weighted by molar-refractivity contribution is 1.17. The Balaban J connectivity index is 0.000000124. The molecule has 0 atom stereocenters. The summed E-state index contributed by atoms with van der Waals surface area (Å²) >= 11 is 0. The van der Waals surface area contributed by atoms with Crippen LogP contribution < -0.4 is 0 Å². The van der Waals surface area contributed by atoms with Crippen LogP contribution in [0.15, 0.2) is 315 Å². The average molecular weight is 1170 g/mol. The second kappa shape index (κ2) is 18.7. The maximum atomic E-state index is 2.47. The Hall–Kier alpha value is -12.2. The maximum Gasteiger partial charge on any atom is 0.0619 e. The van der Waals surface area contributed by atoms with E-state index < -0.39 is 0 Å². The van der Waals surface area contributed by atoms with E-state index in [1.54, 1.807) is 0 Å². The largest absolute Gasteiger partial charge is 0.309 e. The van der Waals surface area contributed by atoms with Crippen LogP contribution in [-0.4, -0.2) is 18.3 Å². The van der Waals surface area contributed by atoms with Crippen molar-refractivity contribution >= 4 is 130 Å². The molecule has 4 nitrogen and oxygen atoms in total. The molecule has 0 saturated carbocycles. The average Bonchev–Trinajstić information content (AvgIpc) is 1.64. The van der Waals surface area contributed by atoms with E-state index in [0.717, 1.165) is 0 Å². The van der Waals surface area contributed by atoms with Gasteiger partial charge < -0.3 is 18.3 Å². The molecule has 0 fully saturated rings. The summed E-state index contributed by atoms with van der Waals surface area (Å²) in [6.45, 7) is 0. The summed E-state index contributed by atoms with van der Waals surface area (Å²) in [6, 6.07) is 117. The lowest BCUT2D eigenvalue weighted by atomic mass is 10.0. The molecule has 4 heterocycles. The van der Waals surface area contributed by atoms with Crippen molar-refractivity contribution in [2.45, 2.75) is 0 Å². The van der Waals surface area contributed by atoms with Gasteiger partial charge in [0.1, 0.15) is 0 Å². The highest BCUT2D eigenvalue weighted by atomic mass is 15.0. The minimum Gasteiger partial charge on any atom is -0.309 e. The second-order valence-electron chi connectivity index (χ2n) is 25.1. The summed E-state index contributed by atoms with van der Waals surface area (Å²) in [5.74, 6) is 0. The zero-order valence-corrected chi connectivity index (χ0v) is 49.8. The third kappa shape index (κ3) is 6.84. The van der Waals surface area contributed by atoms with Crippen molar-refractivity contribution < 1.29 is 0 Å². The molecule has 0 amide bonds. The third-order valence-corrected chi connectivity index (χ3v) is 20.4. The molecule has 424 valence electrons. The minimum atomic E-state index is 1.17. The predicted molar refractivity (Wildman–Crippen MR) is 389 cm³/mol. The predicted octanol–water partition coefficient (Wildman–Crippen LogP) is 23.7. The maximum absolute atomic E-state index is 2.47. The van der Waals surface area contributed by atoms with E-state index in [1.165, 1.54) is 198 Å². The zero-order valence-electron chi connectivity index (χ0n) is 49.8. The molecule has 22 rings (SSSR count). The van der Waals surface area contributed by atoms with Gasteiger partial charge in [-0.15, -0.1) is 0 Å². The van der Waals surface area contributed by atoms with Gasteiger partial charge in [-0.1, -0.05) is 218 Å². The van der Waals surface area contributed by atoms with Gasteiger partial charge in [0.2, 0.25) is 0 Å². The van der Waals surface area contributed by atoms with Crippen LogP contribution in [0.4, 0.5) is 0 Å². The van der Waals surface area contributed by atoms with E-state index in [-0.39, 0.29) is 0 Å². The van der Waals surface area contributed by atoms with Crippen LogP contribution in [0.3, 0.4) is 0 Å². The minimum absolute atomic E-state index is 1.17. The topological polar surface area (TPSA) is 19.7 Å². The molecule has 0 spiro atoms. The second-order valence-corrected chi connectivity index (χ2v) is 25.1. The molecule has 92 heavy (non-hydrogen) atoms. The number of hydrogen-bond acceptors (Lipinski definition) is 0.